The lowest BCUT2D eigenvalue weighted by molar-refractivity contribution is -0.130. The molecule has 1 rings (SSSR count). The van der Waals surface area contributed by atoms with Crippen LogP contribution in [-0.4, -0.2) is 24.1 Å². The van der Waals surface area contributed by atoms with Crippen molar-refractivity contribution in [3.8, 4) is 5.75 Å². The van der Waals surface area contributed by atoms with Gasteiger partial charge in [-0.05, 0) is 43.9 Å². The van der Waals surface area contributed by atoms with E-state index in [9.17, 15) is 4.79 Å². The van der Waals surface area contributed by atoms with Crippen LogP contribution in [0.2, 0.25) is 0 Å². The molecule has 0 aliphatic heterocycles. The molecule has 0 aromatic heterocycles. The summed E-state index contributed by atoms with van der Waals surface area (Å²) in [5.74, 6) is 0.797. The fourth-order valence-electron chi connectivity index (χ4n) is 1.91. The lowest BCUT2D eigenvalue weighted by Crippen LogP contribution is -2.27. The van der Waals surface area contributed by atoms with Crippen LogP contribution in [0.1, 0.15) is 37.8 Å². The molecule has 0 spiro atoms. The first-order valence-corrected chi connectivity index (χ1v) is 6.71. The SMILES string of the molecule is Cc1ccc(C)c(OCCCC(C)(C)C(=O)CO)c1. The second-order valence-electron chi connectivity index (χ2n) is 5.69. The summed E-state index contributed by atoms with van der Waals surface area (Å²) < 4.78 is 5.75. The summed E-state index contributed by atoms with van der Waals surface area (Å²) in [7, 11) is 0. The van der Waals surface area contributed by atoms with Crippen molar-refractivity contribution >= 4 is 5.78 Å². The number of hydrogen-bond acceptors (Lipinski definition) is 3. The fraction of sp³-hybridized carbons (Fsp3) is 0.562. The van der Waals surface area contributed by atoms with Gasteiger partial charge in [0.1, 0.15) is 12.4 Å². The number of carbonyl (C=O) groups is 1. The lowest BCUT2D eigenvalue weighted by Gasteiger charge is -2.21. The van der Waals surface area contributed by atoms with E-state index in [1.54, 1.807) is 0 Å². The summed E-state index contributed by atoms with van der Waals surface area (Å²) in [6.45, 7) is 7.99. The van der Waals surface area contributed by atoms with Crippen molar-refractivity contribution in [2.75, 3.05) is 13.2 Å². The maximum atomic E-state index is 11.5. The number of Topliss-reactive ketones (excluding diaryl/α,β-unsaturated/α-hetero) is 1. The summed E-state index contributed by atoms with van der Waals surface area (Å²) in [4.78, 5) is 11.5. The summed E-state index contributed by atoms with van der Waals surface area (Å²) in [6, 6.07) is 6.13. The van der Waals surface area contributed by atoms with Crippen LogP contribution < -0.4 is 4.74 Å². The normalized spacial score (nSPS) is 11.4. The van der Waals surface area contributed by atoms with E-state index in [4.69, 9.17) is 9.84 Å². The van der Waals surface area contributed by atoms with Crippen molar-refractivity contribution in [3.63, 3.8) is 0 Å². The third-order valence-corrected chi connectivity index (χ3v) is 3.45. The van der Waals surface area contributed by atoms with Gasteiger partial charge < -0.3 is 9.84 Å². The molecule has 19 heavy (non-hydrogen) atoms. The van der Waals surface area contributed by atoms with Gasteiger partial charge in [0.05, 0.1) is 6.61 Å². The summed E-state index contributed by atoms with van der Waals surface area (Å²) >= 11 is 0. The first kappa shape index (κ1) is 15.7. The standard InChI is InChI=1S/C16H24O3/c1-12-6-7-13(2)14(10-12)19-9-5-8-16(3,4)15(18)11-17/h6-7,10,17H,5,8-9,11H2,1-4H3. The summed E-state index contributed by atoms with van der Waals surface area (Å²) in [5.41, 5.74) is 1.83. The Morgan fingerprint density at radius 1 is 1.32 bits per heavy atom. The number of rotatable bonds is 7. The molecule has 0 saturated carbocycles. The van der Waals surface area contributed by atoms with Crippen LogP contribution in [-0.2, 0) is 4.79 Å². The first-order valence-electron chi connectivity index (χ1n) is 6.71. The molecule has 1 N–H and O–H groups in total. The van der Waals surface area contributed by atoms with Crippen LogP contribution in [0.15, 0.2) is 18.2 Å². The molecule has 1 aromatic rings. The van der Waals surface area contributed by atoms with E-state index in [1.165, 1.54) is 5.56 Å². The summed E-state index contributed by atoms with van der Waals surface area (Å²) in [5, 5.41) is 8.89. The smallest absolute Gasteiger partial charge is 0.163 e. The average molecular weight is 264 g/mol. The zero-order chi connectivity index (χ0) is 14.5. The Bertz CT molecular complexity index is 436. The number of aliphatic hydroxyl groups is 1. The Morgan fingerprint density at radius 2 is 2.00 bits per heavy atom. The van der Waals surface area contributed by atoms with Crippen molar-refractivity contribution in [2.45, 2.75) is 40.5 Å². The van der Waals surface area contributed by atoms with Crippen molar-refractivity contribution in [3.05, 3.63) is 29.3 Å². The molecule has 0 radical (unpaired) electrons. The number of ether oxygens (including phenoxy) is 1. The average Bonchev–Trinajstić information content (AvgIpc) is 2.37. The second-order valence-corrected chi connectivity index (χ2v) is 5.69. The van der Waals surface area contributed by atoms with Crippen molar-refractivity contribution in [1.29, 1.82) is 0 Å². The molecule has 106 valence electrons. The van der Waals surface area contributed by atoms with Crippen LogP contribution in [0, 0.1) is 19.3 Å². The number of hydrogen-bond donors (Lipinski definition) is 1. The minimum absolute atomic E-state index is 0.112. The van der Waals surface area contributed by atoms with E-state index in [0.717, 1.165) is 24.2 Å². The molecule has 0 fully saturated rings. The van der Waals surface area contributed by atoms with Gasteiger partial charge in [0.15, 0.2) is 5.78 Å². The predicted molar refractivity (Wildman–Crippen MR) is 76.5 cm³/mol. The molecule has 0 heterocycles. The highest BCUT2D eigenvalue weighted by molar-refractivity contribution is 5.84. The maximum absolute atomic E-state index is 11.5. The lowest BCUT2D eigenvalue weighted by atomic mass is 9.84. The Balaban J connectivity index is 2.43. The van der Waals surface area contributed by atoms with Crippen LogP contribution >= 0.6 is 0 Å². The Labute approximate surface area is 115 Å². The third kappa shape index (κ3) is 4.67. The van der Waals surface area contributed by atoms with E-state index >= 15 is 0 Å². The summed E-state index contributed by atoms with van der Waals surface area (Å²) in [6.07, 6.45) is 1.52. The molecule has 0 unspecified atom stereocenters. The van der Waals surface area contributed by atoms with Crippen LogP contribution in [0.3, 0.4) is 0 Å². The van der Waals surface area contributed by atoms with E-state index in [-0.39, 0.29) is 12.4 Å². The Morgan fingerprint density at radius 3 is 2.63 bits per heavy atom. The number of benzene rings is 1. The van der Waals surface area contributed by atoms with Gasteiger partial charge in [-0.3, -0.25) is 4.79 Å². The van der Waals surface area contributed by atoms with Crippen LogP contribution in [0.25, 0.3) is 0 Å². The highest BCUT2D eigenvalue weighted by atomic mass is 16.5. The molecular formula is C16H24O3. The Kier molecular flexibility index (Phi) is 5.55. The molecule has 0 saturated heterocycles. The third-order valence-electron chi connectivity index (χ3n) is 3.45. The maximum Gasteiger partial charge on any atom is 0.163 e. The van der Waals surface area contributed by atoms with E-state index in [1.807, 2.05) is 39.8 Å². The zero-order valence-corrected chi connectivity index (χ0v) is 12.3. The van der Waals surface area contributed by atoms with Crippen molar-refractivity contribution in [1.82, 2.24) is 0 Å². The van der Waals surface area contributed by atoms with Gasteiger partial charge in [0.25, 0.3) is 0 Å². The molecule has 0 bridgehead atoms. The monoisotopic (exact) mass is 264 g/mol. The van der Waals surface area contributed by atoms with Gasteiger partial charge in [-0.15, -0.1) is 0 Å². The highest BCUT2D eigenvalue weighted by Crippen LogP contribution is 2.24. The quantitative estimate of drug-likeness (QED) is 0.770. The zero-order valence-electron chi connectivity index (χ0n) is 12.3. The topological polar surface area (TPSA) is 46.5 Å². The largest absolute Gasteiger partial charge is 0.493 e. The number of aliphatic hydroxyl groups excluding tert-OH is 1. The van der Waals surface area contributed by atoms with Gasteiger partial charge in [-0.2, -0.15) is 0 Å². The van der Waals surface area contributed by atoms with Gasteiger partial charge >= 0.3 is 0 Å². The molecule has 3 heteroatoms. The van der Waals surface area contributed by atoms with E-state index in [0.29, 0.717) is 6.61 Å². The minimum Gasteiger partial charge on any atom is -0.493 e. The van der Waals surface area contributed by atoms with Gasteiger partial charge in [-0.1, -0.05) is 26.0 Å². The molecule has 1 aromatic carbocycles. The Hall–Kier alpha value is -1.35. The number of carbonyl (C=O) groups excluding carboxylic acids is 1. The number of ketones is 1. The van der Waals surface area contributed by atoms with Crippen LogP contribution in [0.5, 0.6) is 5.75 Å². The molecule has 0 aliphatic carbocycles. The van der Waals surface area contributed by atoms with E-state index in [2.05, 4.69) is 6.07 Å². The first-order chi connectivity index (χ1) is 8.86. The second kappa shape index (κ2) is 6.71. The van der Waals surface area contributed by atoms with Crippen molar-refractivity contribution < 1.29 is 14.6 Å². The molecule has 0 atom stereocenters. The van der Waals surface area contributed by atoms with Gasteiger partial charge in [0, 0.05) is 5.41 Å². The molecule has 0 aliphatic rings. The molecular weight excluding hydrogens is 240 g/mol. The number of aryl methyl sites for hydroxylation is 2. The van der Waals surface area contributed by atoms with E-state index < -0.39 is 5.41 Å². The minimum atomic E-state index is -0.472. The van der Waals surface area contributed by atoms with Crippen molar-refractivity contribution in [2.24, 2.45) is 5.41 Å². The van der Waals surface area contributed by atoms with Crippen LogP contribution in [0.4, 0.5) is 0 Å². The van der Waals surface area contributed by atoms with Gasteiger partial charge in [-0.25, -0.2) is 0 Å². The highest BCUT2D eigenvalue weighted by Gasteiger charge is 2.25. The van der Waals surface area contributed by atoms with Gasteiger partial charge in [0.2, 0.25) is 0 Å². The fourth-order valence-corrected chi connectivity index (χ4v) is 1.91. The molecule has 3 nitrogen and oxygen atoms in total. The predicted octanol–water partition coefficient (Wildman–Crippen LogP) is 3.05. The molecule has 0 amide bonds.